The van der Waals surface area contributed by atoms with Crippen LogP contribution in [-0.2, 0) is 4.79 Å². The van der Waals surface area contributed by atoms with Gasteiger partial charge in [0, 0.05) is 4.47 Å². The average Bonchev–Trinajstić information content (AvgIpc) is 2.15. The van der Waals surface area contributed by atoms with E-state index in [0.29, 0.717) is 5.56 Å². The Morgan fingerprint density at radius 1 is 1.50 bits per heavy atom. The zero-order valence-electron chi connectivity index (χ0n) is 7.22. The van der Waals surface area contributed by atoms with E-state index in [1.54, 1.807) is 24.3 Å². The molecule has 4 nitrogen and oxygen atoms in total. The number of benzene rings is 1. The summed E-state index contributed by atoms with van der Waals surface area (Å²) in [7, 11) is 0. The summed E-state index contributed by atoms with van der Waals surface area (Å²) in [5, 5.41) is 18.1. The van der Waals surface area contributed by atoms with E-state index in [2.05, 4.69) is 15.9 Å². The first-order valence-electron chi connectivity index (χ1n) is 3.94. The molecular formula is C9H10BrNO3. The third kappa shape index (κ3) is 2.54. The molecule has 5 heteroatoms. The number of carboxylic acids is 1. The van der Waals surface area contributed by atoms with E-state index in [1.165, 1.54) is 0 Å². The van der Waals surface area contributed by atoms with Gasteiger partial charge in [-0.3, -0.25) is 4.79 Å². The van der Waals surface area contributed by atoms with E-state index in [4.69, 9.17) is 10.8 Å². The Morgan fingerprint density at radius 2 is 2.14 bits per heavy atom. The summed E-state index contributed by atoms with van der Waals surface area (Å²) >= 11 is 3.22. The van der Waals surface area contributed by atoms with Crippen LogP contribution in [0, 0.1) is 0 Å². The Hall–Kier alpha value is -0.910. The van der Waals surface area contributed by atoms with Crippen LogP contribution in [0.2, 0.25) is 0 Å². The topological polar surface area (TPSA) is 83.6 Å². The molecule has 0 heterocycles. The summed E-state index contributed by atoms with van der Waals surface area (Å²) in [6.45, 7) is 0. The predicted molar refractivity (Wildman–Crippen MR) is 54.7 cm³/mol. The van der Waals surface area contributed by atoms with Crippen LogP contribution in [0.4, 0.5) is 0 Å². The van der Waals surface area contributed by atoms with Crippen molar-refractivity contribution >= 4 is 21.9 Å². The minimum Gasteiger partial charge on any atom is -0.480 e. The van der Waals surface area contributed by atoms with Gasteiger partial charge in [0.15, 0.2) is 0 Å². The number of aliphatic hydroxyl groups is 1. The first-order valence-corrected chi connectivity index (χ1v) is 4.73. The lowest BCUT2D eigenvalue weighted by Gasteiger charge is -2.15. The summed E-state index contributed by atoms with van der Waals surface area (Å²) < 4.78 is 0.770. The third-order valence-corrected chi connectivity index (χ3v) is 2.31. The van der Waals surface area contributed by atoms with Crippen LogP contribution < -0.4 is 5.73 Å². The molecule has 76 valence electrons. The number of hydrogen-bond donors (Lipinski definition) is 3. The molecule has 0 aliphatic rings. The summed E-state index contributed by atoms with van der Waals surface area (Å²) in [4.78, 5) is 10.5. The maximum Gasteiger partial charge on any atom is 0.323 e. The lowest BCUT2D eigenvalue weighted by atomic mass is 10.0. The van der Waals surface area contributed by atoms with Crippen molar-refractivity contribution in [3.8, 4) is 0 Å². The molecule has 1 aromatic rings. The molecular weight excluding hydrogens is 250 g/mol. The van der Waals surface area contributed by atoms with Crippen molar-refractivity contribution in [2.75, 3.05) is 0 Å². The molecule has 0 spiro atoms. The standard InChI is InChI=1S/C9H10BrNO3/c10-6-3-1-2-5(4-6)8(12)7(11)9(13)14/h1-4,7-8,12H,11H2,(H,13,14)/t7-,8+/m0/s1. The SMILES string of the molecule is N[C@H](C(=O)O)[C@H](O)c1cccc(Br)c1. The van der Waals surface area contributed by atoms with Gasteiger partial charge in [0.2, 0.25) is 0 Å². The van der Waals surface area contributed by atoms with Crippen molar-refractivity contribution in [3.63, 3.8) is 0 Å². The van der Waals surface area contributed by atoms with Crippen LogP contribution in [-0.4, -0.2) is 22.2 Å². The fraction of sp³-hybridized carbons (Fsp3) is 0.222. The number of rotatable bonds is 3. The highest BCUT2D eigenvalue weighted by Gasteiger charge is 2.23. The van der Waals surface area contributed by atoms with Gasteiger partial charge in [0.1, 0.15) is 12.1 Å². The minimum atomic E-state index is -1.30. The van der Waals surface area contributed by atoms with Gasteiger partial charge in [0.05, 0.1) is 0 Å². The molecule has 0 bridgehead atoms. The molecule has 0 fully saturated rings. The molecule has 0 saturated carbocycles. The van der Waals surface area contributed by atoms with Gasteiger partial charge >= 0.3 is 5.97 Å². The Morgan fingerprint density at radius 3 is 2.64 bits per heavy atom. The third-order valence-electron chi connectivity index (χ3n) is 1.82. The highest BCUT2D eigenvalue weighted by Crippen LogP contribution is 2.19. The molecule has 1 aromatic carbocycles. The summed E-state index contributed by atoms with van der Waals surface area (Å²) in [5.74, 6) is -1.22. The van der Waals surface area contributed by atoms with Crippen molar-refractivity contribution in [1.82, 2.24) is 0 Å². The fourth-order valence-corrected chi connectivity index (χ4v) is 1.45. The first kappa shape index (κ1) is 11.2. The van der Waals surface area contributed by atoms with Crippen LogP contribution >= 0.6 is 15.9 Å². The molecule has 0 aliphatic carbocycles. The highest BCUT2D eigenvalue weighted by atomic mass is 79.9. The number of nitrogens with two attached hydrogens (primary N) is 1. The second kappa shape index (κ2) is 4.54. The van der Waals surface area contributed by atoms with Crippen LogP contribution in [0.15, 0.2) is 28.7 Å². The molecule has 0 aliphatic heterocycles. The zero-order chi connectivity index (χ0) is 10.7. The van der Waals surface area contributed by atoms with Gasteiger partial charge in [-0.1, -0.05) is 28.1 Å². The smallest absolute Gasteiger partial charge is 0.323 e. The van der Waals surface area contributed by atoms with Crippen LogP contribution in [0.1, 0.15) is 11.7 Å². The number of carbonyl (C=O) groups is 1. The monoisotopic (exact) mass is 259 g/mol. The van der Waals surface area contributed by atoms with Crippen LogP contribution in [0.25, 0.3) is 0 Å². The van der Waals surface area contributed by atoms with Crippen LogP contribution in [0.5, 0.6) is 0 Å². The van der Waals surface area contributed by atoms with E-state index in [0.717, 1.165) is 4.47 Å². The first-order chi connectivity index (χ1) is 6.52. The Balaban J connectivity index is 2.89. The normalized spacial score (nSPS) is 14.8. The average molecular weight is 260 g/mol. The molecule has 1 rings (SSSR count). The lowest BCUT2D eigenvalue weighted by molar-refractivity contribution is -0.141. The number of aliphatic hydroxyl groups excluding tert-OH is 1. The summed E-state index contributed by atoms with van der Waals surface area (Å²) in [5.41, 5.74) is 5.76. The molecule has 0 aromatic heterocycles. The number of aliphatic carboxylic acids is 1. The molecule has 0 radical (unpaired) electrons. The molecule has 0 saturated heterocycles. The molecule has 0 unspecified atom stereocenters. The largest absolute Gasteiger partial charge is 0.480 e. The second-order valence-corrected chi connectivity index (χ2v) is 3.78. The van der Waals surface area contributed by atoms with Gasteiger partial charge in [-0.25, -0.2) is 0 Å². The van der Waals surface area contributed by atoms with E-state index in [9.17, 15) is 9.90 Å². The van der Waals surface area contributed by atoms with Crippen LogP contribution in [0.3, 0.4) is 0 Å². The number of halogens is 1. The van der Waals surface area contributed by atoms with E-state index in [1.807, 2.05) is 0 Å². The lowest BCUT2D eigenvalue weighted by Crippen LogP contribution is -2.36. The van der Waals surface area contributed by atoms with Gasteiger partial charge in [-0.05, 0) is 17.7 Å². The molecule has 2 atom stereocenters. The van der Waals surface area contributed by atoms with Gasteiger partial charge in [0.25, 0.3) is 0 Å². The number of hydrogen-bond acceptors (Lipinski definition) is 3. The minimum absolute atomic E-state index is 0.481. The van der Waals surface area contributed by atoms with E-state index in [-0.39, 0.29) is 0 Å². The van der Waals surface area contributed by atoms with Crippen molar-refractivity contribution in [2.24, 2.45) is 5.73 Å². The summed E-state index contributed by atoms with van der Waals surface area (Å²) in [6, 6.07) is 5.44. The van der Waals surface area contributed by atoms with E-state index >= 15 is 0 Å². The second-order valence-electron chi connectivity index (χ2n) is 2.86. The van der Waals surface area contributed by atoms with Crippen molar-refractivity contribution in [3.05, 3.63) is 34.3 Å². The maximum atomic E-state index is 10.5. The Bertz CT molecular complexity index is 343. The maximum absolute atomic E-state index is 10.5. The van der Waals surface area contributed by atoms with Crippen molar-refractivity contribution in [2.45, 2.75) is 12.1 Å². The highest BCUT2D eigenvalue weighted by molar-refractivity contribution is 9.10. The number of carboxylic acid groups (broad SMARTS) is 1. The van der Waals surface area contributed by atoms with E-state index < -0.39 is 18.1 Å². The molecule has 4 N–H and O–H groups in total. The predicted octanol–water partition coefficient (Wildman–Crippen LogP) is 0.894. The summed E-state index contributed by atoms with van der Waals surface area (Å²) in [6.07, 6.45) is -1.19. The zero-order valence-corrected chi connectivity index (χ0v) is 8.81. The van der Waals surface area contributed by atoms with Gasteiger partial charge in [-0.15, -0.1) is 0 Å². The Labute approximate surface area is 89.5 Å². The molecule has 0 amide bonds. The van der Waals surface area contributed by atoms with Crippen molar-refractivity contribution < 1.29 is 15.0 Å². The quantitative estimate of drug-likeness (QED) is 0.753. The Kier molecular flexibility index (Phi) is 3.62. The fourth-order valence-electron chi connectivity index (χ4n) is 1.03. The molecule has 14 heavy (non-hydrogen) atoms. The van der Waals surface area contributed by atoms with Gasteiger partial charge < -0.3 is 15.9 Å². The van der Waals surface area contributed by atoms with Crippen molar-refractivity contribution in [1.29, 1.82) is 0 Å². The van der Waals surface area contributed by atoms with Gasteiger partial charge in [-0.2, -0.15) is 0 Å².